The maximum atomic E-state index is 13.4. The van der Waals surface area contributed by atoms with E-state index in [4.69, 9.17) is 16.1 Å². The predicted molar refractivity (Wildman–Crippen MR) is 127 cm³/mol. The zero-order valence-corrected chi connectivity index (χ0v) is 18.5. The minimum atomic E-state index is -0.447. The van der Waals surface area contributed by atoms with Crippen molar-refractivity contribution in [1.82, 2.24) is 19.3 Å². The fourth-order valence-electron chi connectivity index (χ4n) is 3.75. The van der Waals surface area contributed by atoms with Crippen LogP contribution in [0.5, 0.6) is 0 Å². The quantitative estimate of drug-likeness (QED) is 0.392. The summed E-state index contributed by atoms with van der Waals surface area (Å²) in [5.41, 5.74) is 2.32. The van der Waals surface area contributed by atoms with E-state index < -0.39 is 5.69 Å². The third-order valence-electron chi connectivity index (χ3n) is 5.47. The third-order valence-corrected chi connectivity index (χ3v) is 5.80. The average molecular weight is 459 g/mol. The highest BCUT2D eigenvalue weighted by atomic mass is 35.5. The third kappa shape index (κ3) is 3.99. The Labute approximate surface area is 193 Å². The SMILES string of the molecule is Cc1ccc(Cn2c(=O)c3ccccc3n(Cc3nc(-c4ccccc4Cl)no3)c2=O)cc1. The second kappa shape index (κ2) is 8.52. The van der Waals surface area contributed by atoms with E-state index in [-0.39, 0.29) is 24.5 Å². The highest BCUT2D eigenvalue weighted by molar-refractivity contribution is 6.33. The number of para-hydroxylation sites is 1. The average Bonchev–Trinajstić information content (AvgIpc) is 3.29. The van der Waals surface area contributed by atoms with Gasteiger partial charge in [-0.1, -0.05) is 70.9 Å². The minimum Gasteiger partial charge on any atom is -0.337 e. The van der Waals surface area contributed by atoms with Gasteiger partial charge in [0.15, 0.2) is 0 Å². The molecule has 5 rings (SSSR count). The van der Waals surface area contributed by atoms with Gasteiger partial charge >= 0.3 is 5.69 Å². The summed E-state index contributed by atoms with van der Waals surface area (Å²) in [5.74, 6) is 0.568. The molecule has 0 unspecified atom stereocenters. The molecule has 5 aromatic rings. The van der Waals surface area contributed by atoms with Crippen molar-refractivity contribution in [2.45, 2.75) is 20.0 Å². The van der Waals surface area contributed by atoms with Crippen LogP contribution in [0.1, 0.15) is 17.0 Å². The Hall–Kier alpha value is -3.97. The Morgan fingerprint density at radius 2 is 1.61 bits per heavy atom. The first kappa shape index (κ1) is 20.9. The second-order valence-corrected chi connectivity index (χ2v) is 8.16. The Bertz CT molecular complexity index is 1580. The van der Waals surface area contributed by atoms with Crippen LogP contribution in [-0.4, -0.2) is 19.3 Å². The highest BCUT2D eigenvalue weighted by Crippen LogP contribution is 2.25. The van der Waals surface area contributed by atoms with Gasteiger partial charge < -0.3 is 4.52 Å². The van der Waals surface area contributed by atoms with E-state index in [1.54, 1.807) is 36.4 Å². The number of aryl methyl sites for hydroxylation is 1. The van der Waals surface area contributed by atoms with Crippen molar-refractivity contribution < 1.29 is 4.52 Å². The molecule has 0 bridgehead atoms. The van der Waals surface area contributed by atoms with Crippen LogP contribution in [0.4, 0.5) is 0 Å². The summed E-state index contributed by atoms with van der Waals surface area (Å²) in [5, 5.41) is 4.95. The molecule has 0 saturated carbocycles. The molecule has 0 saturated heterocycles. The van der Waals surface area contributed by atoms with Gasteiger partial charge in [0.25, 0.3) is 5.56 Å². The zero-order valence-electron chi connectivity index (χ0n) is 17.7. The summed E-state index contributed by atoms with van der Waals surface area (Å²) in [7, 11) is 0. The van der Waals surface area contributed by atoms with Crippen molar-refractivity contribution in [3.05, 3.63) is 116 Å². The molecule has 0 spiro atoms. The monoisotopic (exact) mass is 458 g/mol. The van der Waals surface area contributed by atoms with Crippen molar-refractivity contribution in [3.63, 3.8) is 0 Å². The standard InChI is InChI=1S/C25H19ClN4O3/c1-16-10-12-17(13-11-16)14-30-24(31)19-7-3-5-9-21(19)29(25(30)32)15-22-27-23(28-33-22)18-6-2-4-8-20(18)26/h2-13H,14-15H2,1H3. The highest BCUT2D eigenvalue weighted by Gasteiger charge is 2.17. The Balaban J connectivity index is 1.60. The normalized spacial score (nSPS) is 11.2. The summed E-state index contributed by atoms with van der Waals surface area (Å²) in [4.78, 5) is 31.0. The van der Waals surface area contributed by atoms with Crippen molar-refractivity contribution >= 4 is 22.5 Å². The number of aromatic nitrogens is 4. The van der Waals surface area contributed by atoms with Crippen molar-refractivity contribution in [3.8, 4) is 11.4 Å². The lowest BCUT2D eigenvalue weighted by Crippen LogP contribution is -2.40. The molecule has 0 aliphatic rings. The molecule has 0 fully saturated rings. The summed E-state index contributed by atoms with van der Waals surface area (Å²) < 4.78 is 8.13. The molecule has 0 aliphatic heterocycles. The van der Waals surface area contributed by atoms with E-state index in [1.807, 2.05) is 43.3 Å². The maximum absolute atomic E-state index is 13.4. The molecule has 0 atom stereocenters. The maximum Gasteiger partial charge on any atom is 0.332 e. The molecule has 0 N–H and O–H groups in total. The predicted octanol–water partition coefficient (Wildman–Crippen LogP) is 4.27. The van der Waals surface area contributed by atoms with Crippen LogP contribution in [0.2, 0.25) is 5.02 Å². The molecule has 2 aromatic heterocycles. The van der Waals surface area contributed by atoms with E-state index in [0.717, 1.165) is 11.1 Å². The van der Waals surface area contributed by atoms with Gasteiger partial charge in [0.05, 0.1) is 22.5 Å². The molecule has 7 nitrogen and oxygen atoms in total. The van der Waals surface area contributed by atoms with Crippen LogP contribution in [0, 0.1) is 6.92 Å². The van der Waals surface area contributed by atoms with Crippen LogP contribution in [-0.2, 0) is 13.1 Å². The molecule has 3 aromatic carbocycles. The van der Waals surface area contributed by atoms with E-state index >= 15 is 0 Å². The zero-order chi connectivity index (χ0) is 22.9. The first-order valence-corrected chi connectivity index (χ1v) is 10.7. The van der Waals surface area contributed by atoms with Crippen molar-refractivity contribution in [2.24, 2.45) is 0 Å². The second-order valence-electron chi connectivity index (χ2n) is 7.75. The van der Waals surface area contributed by atoms with Gasteiger partial charge in [0.1, 0.15) is 6.54 Å². The number of rotatable bonds is 5. The minimum absolute atomic E-state index is 0.0188. The van der Waals surface area contributed by atoms with Gasteiger partial charge in [-0.25, -0.2) is 4.79 Å². The van der Waals surface area contributed by atoms with Gasteiger partial charge in [-0.2, -0.15) is 4.98 Å². The fraction of sp³-hybridized carbons (Fsp3) is 0.120. The lowest BCUT2D eigenvalue weighted by molar-refractivity contribution is 0.369. The molecule has 164 valence electrons. The number of nitrogens with zero attached hydrogens (tertiary/aromatic N) is 4. The molecule has 0 radical (unpaired) electrons. The summed E-state index contributed by atoms with van der Waals surface area (Å²) in [6, 6.07) is 21.9. The number of benzene rings is 3. The fourth-order valence-corrected chi connectivity index (χ4v) is 3.97. The van der Waals surface area contributed by atoms with E-state index in [0.29, 0.717) is 27.3 Å². The number of hydrogen-bond donors (Lipinski definition) is 0. The van der Waals surface area contributed by atoms with Gasteiger partial charge in [-0.15, -0.1) is 0 Å². The van der Waals surface area contributed by atoms with E-state index in [2.05, 4.69) is 10.1 Å². The van der Waals surface area contributed by atoms with E-state index in [9.17, 15) is 9.59 Å². The van der Waals surface area contributed by atoms with Crippen LogP contribution < -0.4 is 11.2 Å². The number of fused-ring (bicyclic) bond motifs is 1. The van der Waals surface area contributed by atoms with Crippen LogP contribution in [0.3, 0.4) is 0 Å². The van der Waals surface area contributed by atoms with Crippen molar-refractivity contribution in [1.29, 1.82) is 0 Å². The lowest BCUT2D eigenvalue weighted by atomic mass is 10.1. The topological polar surface area (TPSA) is 82.9 Å². The molecule has 0 aliphatic carbocycles. The van der Waals surface area contributed by atoms with Crippen LogP contribution in [0.15, 0.2) is 86.9 Å². The smallest absolute Gasteiger partial charge is 0.332 e. The Morgan fingerprint density at radius 1 is 0.879 bits per heavy atom. The van der Waals surface area contributed by atoms with E-state index in [1.165, 1.54) is 9.13 Å². The first-order valence-electron chi connectivity index (χ1n) is 10.4. The number of halogens is 1. The first-order chi connectivity index (χ1) is 16.0. The van der Waals surface area contributed by atoms with Gasteiger partial charge in [0.2, 0.25) is 11.7 Å². The Kier molecular flexibility index (Phi) is 5.40. The number of hydrogen-bond acceptors (Lipinski definition) is 5. The largest absolute Gasteiger partial charge is 0.337 e. The molecule has 8 heteroatoms. The Morgan fingerprint density at radius 3 is 2.39 bits per heavy atom. The lowest BCUT2D eigenvalue weighted by Gasteiger charge is -2.13. The van der Waals surface area contributed by atoms with Gasteiger partial charge in [-0.3, -0.25) is 13.9 Å². The summed E-state index contributed by atoms with van der Waals surface area (Å²) in [6.45, 7) is 2.17. The summed E-state index contributed by atoms with van der Waals surface area (Å²) in [6.07, 6.45) is 0. The molecule has 33 heavy (non-hydrogen) atoms. The van der Waals surface area contributed by atoms with Crippen LogP contribution >= 0.6 is 11.6 Å². The van der Waals surface area contributed by atoms with Crippen LogP contribution in [0.25, 0.3) is 22.3 Å². The molecule has 0 amide bonds. The molecular formula is C25H19ClN4O3. The van der Waals surface area contributed by atoms with Gasteiger partial charge in [-0.05, 0) is 36.8 Å². The van der Waals surface area contributed by atoms with Crippen molar-refractivity contribution in [2.75, 3.05) is 0 Å². The molecular weight excluding hydrogens is 440 g/mol. The van der Waals surface area contributed by atoms with Gasteiger partial charge in [0, 0.05) is 5.56 Å². The summed E-state index contributed by atoms with van der Waals surface area (Å²) >= 11 is 6.24. The molecule has 2 heterocycles.